The summed E-state index contributed by atoms with van der Waals surface area (Å²) in [6.07, 6.45) is 6.24. The molecule has 7 heavy (non-hydrogen) atoms. The lowest BCUT2D eigenvalue weighted by Gasteiger charge is -1.92. The minimum Gasteiger partial charge on any atom is -0.380 e. The van der Waals surface area contributed by atoms with Crippen molar-refractivity contribution in [3.05, 3.63) is 12.7 Å². The van der Waals surface area contributed by atoms with Gasteiger partial charge >= 0.3 is 0 Å². The topological polar surface area (TPSA) is 20.2 Å². The molecule has 0 amide bonds. The van der Waals surface area contributed by atoms with Crippen LogP contribution in [-0.4, -0.2) is 11.2 Å². The molecule has 0 aliphatic heterocycles. The van der Waals surface area contributed by atoms with Gasteiger partial charge < -0.3 is 5.11 Å². The van der Waals surface area contributed by atoms with Gasteiger partial charge in [-0.2, -0.15) is 0 Å². The Bertz CT molecular complexity index is 88.8. The average molecular weight is 96.1 g/mol. The second kappa shape index (κ2) is 3.45. The number of aliphatic hydroxyl groups is 1. The molecule has 0 aliphatic carbocycles. The first-order chi connectivity index (χ1) is 3.31. The lowest BCUT2D eigenvalue weighted by molar-refractivity contribution is 0.236. The number of hydrogen-bond donors (Lipinski definition) is 1. The Labute approximate surface area is 43.7 Å². The Balaban J connectivity index is 3.21. The fourth-order valence-electron chi connectivity index (χ4n) is 0.226. The summed E-state index contributed by atoms with van der Waals surface area (Å²) in [5.41, 5.74) is 0. The van der Waals surface area contributed by atoms with Crippen molar-refractivity contribution in [2.24, 2.45) is 0 Å². The molecule has 0 bridgehead atoms. The molecule has 0 spiro atoms. The van der Waals surface area contributed by atoms with Crippen molar-refractivity contribution in [1.82, 2.24) is 0 Å². The van der Waals surface area contributed by atoms with Crippen molar-refractivity contribution < 1.29 is 5.11 Å². The van der Waals surface area contributed by atoms with E-state index in [1.54, 1.807) is 6.08 Å². The van der Waals surface area contributed by atoms with Gasteiger partial charge in [0.1, 0.15) is 6.10 Å². The lowest BCUT2D eigenvalue weighted by atomic mass is 10.3. The van der Waals surface area contributed by atoms with Gasteiger partial charge in [-0.05, 0) is 0 Å². The van der Waals surface area contributed by atoms with Gasteiger partial charge in [0.15, 0.2) is 0 Å². The van der Waals surface area contributed by atoms with E-state index in [0.29, 0.717) is 6.42 Å². The second-order valence-corrected chi connectivity index (χ2v) is 1.21. The predicted molar refractivity (Wildman–Crippen MR) is 29.7 cm³/mol. The highest BCUT2D eigenvalue weighted by Crippen LogP contribution is 1.86. The van der Waals surface area contributed by atoms with Gasteiger partial charge in [0, 0.05) is 6.42 Å². The Kier molecular flexibility index (Phi) is 3.09. The molecule has 0 heterocycles. The molecular formula is C6H8O. The summed E-state index contributed by atoms with van der Waals surface area (Å²) in [4.78, 5) is 0. The van der Waals surface area contributed by atoms with Crippen LogP contribution in [0.15, 0.2) is 12.7 Å². The van der Waals surface area contributed by atoms with Crippen molar-refractivity contribution in [3.8, 4) is 12.3 Å². The molecule has 0 aromatic rings. The molecule has 38 valence electrons. The van der Waals surface area contributed by atoms with Gasteiger partial charge in [0.05, 0.1) is 0 Å². The first kappa shape index (κ1) is 6.26. The number of rotatable bonds is 2. The molecule has 0 aliphatic rings. The zero-order valence-corrected chi connectivity index (χ0v) is 4.09. The quantitative estimate of drug-likeness (QED) is 0.393. The number of aliphatic hydroxyl groups excluding tert-OH is 1. The first-order valence-electron chi connectivity index (χ1n) is 2.06. The van der Waals surface area contributed by atoms with E-state index < -0.39 is 6.10 Å². The molecule has 0 rings (SSSR count). The molecule has 1 N–H and O–H groups in total. The highest BCUT2D eigenvalue weighted by Gasteiger charge is 1.89. The van der Waals surface area contributed by atoms with Crippen molar-refractivity contribution in [3.63, 3.8) is 0 Å². The van der Waals surface area contributed by atoms with E-state index in [1.165, 1.54) is 0 Å². The standard InChI is InChI=1S/C6H8O/c1-3-5-6(7)4-2/h2-3,6-7H,1,5H2. The van der Waals surface area contributed by atoms with Crippen LogP contribution in [0.2, 0.25) is 0 Å². The van der Waals surface area contributed by atoms with E-state index in [1.807, 2.05) is 0 Å². The van der Waals surface area contributed by atoms with E-state index in [0.717, 1.165) is 0 Å². The Morgan fingerprint density at radius 3 is 2.71 bits per heavy atom. The predicted octanol–water partition coefficient (Wildman–Crippen LogP) is 0.557. The molecule has 1 unspecified atom stereocenters. The second-order valence-electron chi connectivity index (χ2n) is 1.21. The summed E-state index contributed by atoms with van der Waals surface area (Å²) >= 11 is 0. The van der Waals surface area contributed by atoms with Crippen LogP contribution in [0.5, 0.6) is 0 Å². The average Bonchev–Trinajstić information content (AvgIpc) is 1.68. The Morgan fingerprint density at radius 1 is 2.00 bits per heavy atom. The van der Waals surface area contributed by atoms with Crippen LogP contribution in [0.1, 0.15) is 6.42 Å². The van der Waals surface area contributed by atoms with Gasteiger partial charge in [0.25, 0.3) is 0 Å². The third-order valence-corrected chi connectivity index (χ3v) is 0.582. The summed E-state index contributed by atoms with van der Waals surface area (Å²) in [6, 6.07) is 0. The summed E-state index contributed by atoms with van der Waals surface area (Å²) in [5, 5.41) is 8.55. The van der Waals surface area contributed by atoms with E-state index in [2.05, 4.69) is 12.5 Å². The maximum Gasteiger partial charge on any atom is 0.117 e. The minimum absolute atomic E-state index is 0.483. The minimum atomic E-state index is -0.641. The fourth-order valence-corrected chi connectivity index (χ4v) is 0.226. The lowest BCUT2D eigenvalue weighted by Crippen LogP contribution is -1.98. The van der Waals surface area contributed by atoms with Gasteiger partial charge in [0.2, 0.25) is 0 Å². The van der Waals surface area contributed by atoms with E-state index in [4.69, 9.17) is 11.5 Å². The maximum atomic E-state index is 8.55. The molecule has 0 radical (unpaired) electrons. The monoisotopic (exact) mass is 96.1 g/mol. The Morgan fingerprint density at radius 2 is 2.57 bits per heavy atom. The normalized spacial score (nSPS) is 12.0. The van der Waals surface area contributed by atoms with Gasteiger partial charge in [-0.15, -0.1) is 13.0 Å². The summed E-state index contributed by atoms with van der Waals surface area (Å²) in [5.74, 6) is 2.15. The molecule has 1 nitrogen and oxygen atoms in total. The third-order valence-electron chi connectivity index (χ3n) is 0.582. The fraction of sp³-hybridized carbons (Fsp3) is 0.333. The summed E-state index contributed by atoms with van der Waals surface area (Å²) in [7, 11) is 0. The molecule has 1 heteroatoms. The molecule has 0 aromatic carbocycles. The number of hydrogen-bond acceptors (Lipinski definition) is 1. The molecule has 0 saturated heterocycles. The number of terminal acetylenes is 1. The molecular weight excluding hydrogens is 88.1 g/mol. The van der Waals surface area contributed by atoms with Crippen LogP contribution in [0, 0.1) is 12.3 Å². The van der Waals surface area contributed by atoms with E-state index in [9.17, 15) is 0 Å². The van der Waals surface area contributed by atoms with Crippen LogP contribution in [0.3, 0.4) is 0 Å². The largest absolute Gasteiger partial charge is 0.380 e. The van der Waals surface area contributed by atoms with E-state index in [-0.39, 0.29) is 0 Å². The zero-order valence-electron chi connectivity index (χ0n) is 4.09. The highest BCUT2D eigenvalue weighted by atomic mass is 16.3. The maximum absolute atomic E-state index is 8.55. The van der Waals surface area contributed by atoms with E-state index >= 15 is 0 Å². The van der Waals surface area contributed by atoms with Gasteiger partial charge in [-0.25, -0.2) is 0 Å². The van der Waals surface area contributed by atoms with Gasteiger partial charge in [-0.1, -0.05) is 12.0 Å². The molecule has 0 aromatic heterocycles. The van der Waals surface area contributed by atoms with Crippen LogP contribution in [-0.2, 0) is 0 Å². The van der Waals surface area contributed by atoms with Crippen LogP contribution in [0.25, 0.3) is 0 Å². The van der Waals surface area contributed by atoms with Crippen molar-refractivity contribution in [1.29, 1.82) is 0 Å². The van der Waals surface area contributed by atoms with Crippen molar-refractivity contribution in [2.75, 3.05) is 0 Å². The molecule has 0 fully saturated rings. The van der Waals surface area contributed by atoms with Crippen LogP contribution >= 0.6 is 0 Å². The molecule has 1 atom stereocenters. The molecule has 0 saturated carbocycles. The smallest absolute Gasteiger partial charge is 0.117 e. The zero-order chi connectivity index (χ0) is 5.70. The third kappa shape index (κ3) is 3.08. The summed E-state index contributed by atoms with van der Waals surface area (Å²) < 4.78 is 0. The highest BCUT2D eigenvalue weighted by molar-refractivity contribution is 4.96. The van der Waals surface area contributed by atoms with Crippen molar-refractivity contribution >= 4 is 0 Å². The van der Waals surface area contributed by atoms with Gasteiger partial charge in [-0.3, -0.25) is 0 Å². The first-order valence-corrected chi connectivity index (χ1v) is 2.06. The van der Waals surface area contributed by atoms with Crippen LogP contribution in [0.4, 0.5) is 0 Å². The van der Waals surface area contributed by atoms with Crippen molar-refractivity contribution in [2.45, 2.75) is 12.5 Å². The Hall–Kier alpha value is -0.740. The summed E-state index contributed by atoms with van der Waals surface area (Å²) in [6.45, 7) is 3.39. The SMILES string of the molecule is C#CC(O)CC=C. The van der Waals surface area contributed by atoms with Crippen LogP contribution < -0.4 is 0 Å².